The summed E-state index contributed by atoms with van der Waals surface area (Å²) >= 11 is 0. The lowest BCUT2D eigenvalue weighted by atomic mass is 9.93. The summed E-state index contributed by atoms with van der Waals surface area (Å²) in [5, 5.41) is 11.8. The molecule has 1 aliphatic rings. The Morgan fingerprint density at radius 2 is 2.35 bits per heavy atom. The molecule has 1 fully saturated rings. The van der Waals surface area contributed by atoms with Crippen molar-refractivity contribution in [2.24, 2.45) is 16.3 Å². The number of pyridine rings is 1. The average Bonchev–Trinajstić information content (AvgIpc) is 2.68. The van der Waals surface area contributed by atoms with Gasteiger partial charge >= 0.3 is 0 Å². The summed E-state index contributed by atoms with van der Waals surface area (Å²) < 4.78 is 0. The molecular formula is C12H18N4O. The first-order chi connectivity index (χ1) is 8.03. The molecule has 0 unspecified atom stereocenters. The van der Waals surface area contributed by atoms with E-state index in [1.54, 1.807) is 6.20 Å². The van der Waals surface area contributed by atoms with Gasteiger partial charge in [0.05, 0.1) is 5.69 Å². The number of nitrogens with zero attached hydrogens (tertiary/aromatic N) is 3. The van der Waals surface area contributed by atoms with Gasteiger partial charge in [-0.3, -0.25) is 4.98 Å². The van der Waals surface area contributed by atoms with Gasteiger partial charge in [-0.15, -0.1) is 0 Å². The highest BCUT2D eigenvalue weighted by Gasteiger charge is 2.30. The summed E-state index contributed by atoms with van der Waals surface area (Å²) in [5.41, 5.74) is 7.43. The molecule has 92 valence electrons. The van der Waals surface area contributed by atoms with Gasteiger partial charge in [0.15, 0.2) is 5.84 Å². The van der Waals surface area contributed by atoms with Crippen molar-refractivity contribution in [3.05, 3.63) is 24.0 Å². The molecule has 3 N–H and O–H groups in total. The van der Waals surface area contributed by atoms with E-state index >= 15 is 0 Å². The molecule has 5 nitrogen and oxygen atoms in total. The van der Waals surface area contributed by atoms with Gasteiger partial charge < -0.3 is 15.8 Å². The Morgan fingerprint density at radius 3 is 2.94 bits per heavy atom. The number of hydrogen-bond donors (Lipinski definition) is 2. The second-order valence-corrected chi connectivity index (χ2v) is 5.19. The highest BCUT2D eigenvalue weighted by molar-refractivity contribution is 6.00. The molecular weight excluding hydrogens is 216 g/mol. The lowest BCUT2D eigenvalue weighted by molar-refractivity contribution is 0.318. The van der Waals surface area contributed by atoms with Crippen LogP contribution in [0.25, 0.3) is 0 Å². The summed E-state index contributed by atoms with van der Waals surface area (Å²) in [4.78, 5) is 6.42. The van der Waals surface area contributed by atoms with Crippen molar-refractivity contribution in [2.45, 2.75) is 20.3 Å². The molecule has 0 spiro atoms. The van der Waals surface area contributed by atoms with Gasteiger partial charge in [-0.2, -0.15) is 0 Å². The van der Waals surface area contributed by atoms with Crippen molar-refractivity contribution < 1.29 is 5.21 Å². The minimum atomic E-state index is 0.0605. The van der Waals surface area contributed by atoms with Crippen LogP contribution in [0, 0.1) is 5.41 Å². The van der Waals surface area contributed by atoms with E-state index in [1.165, 1.54) is 0 Å². The molecule has 5 heteroatoms. The van der Waals surface area contributed by atoms with Crippen molar-refractivity contribution in [2.75, 3.05) is 18.0 Å². The van der Waals surface area contributed by atoms with Crippen LogP contribution in [-0.2, 0) is 0 Å². The maximum absolute atomic E-state index is 8.76. The first-order valence-electron chi connectivity index (χ1n) is 5.71. The van der Waals surface area contributed by atoms with Gasteiger partial charge in [0.1, 0.15) is 5.69 Å². The van der Waals surface area contributed by atoms with Gasteiger partial charge in [0, 0.05) is 19.3 Å². The molecule has 2 heterocycles. The number of hydrogen-bond acceptors (Lipinski definition) is 4. The number of nitrogens with two attached hydrogens (primary N) is 1. The van der Waals surface area contributed by atoms with Crippen molar-refractivity contribution in [3.63, 3.8) is 0 Å². The zero-order valence-electron chi connectivity index (χ0n) is 10.2. The second-order valence-electron chi connectivity index (χ2n) is 5.19. The molecule has 17 heavy (non-hydrogen) atoms. The first-order valence-corrected chi connectivity index (χ1v) is 5.71. The number of oxime groups is 1. The van der Waals surface area contributed by atoms with E-state index in [-0.39, 0.29) is 5.84 Å². The van der Waals surface area contributed by atoms with E-state index < -0.39 is 0 Å². The summed E-state index contributed by atoms with van der Waals surface area (Å²) in [6.07, 6.45) is 2.79. The molecule has 0 radical (unpaired) electrons. The summed E-state index contributed by atoms with van der Waals surface area (Å²) in [5.74, 6) is 0.0605. The molecule has 1 aliphatic heterocycles. The molecule has 0 atom stereocenters. The predicted octanol–water partition coefficient (Wildman–Crippen LogP) is 1.41. The lowest BCUT2D eigenvalue weighted by Gasteiger charge is -2.23. The van der Waals surface area contributed by atoms with Gasteiger partial charge in [-0.05, 0) is 24.0 Å². The number of amidine groups is 1. The fraction of sp³-hybridized carbons (Fsp3) is 0.500. The van der Waals surface area contributed by atoms with E-state index in [2.05, 4.69) is 28.9 Å². The smallest absolute Gasteiger partial charge is 0.190 e. The normalized spacial score (nSPS) is 19.6. The van der Waals surface area contributed by atoms with Crippen LogP contribution >= 0.6 is 0 Å². The molecule has 0 bridgehead atoms. The minimum Gasteiger partial charge on any atom is -0.409 e. The van der Waals surface area contributed by atoms with E-state index in [1.807, 2.05) is 12.1 Å². The minimum absolute atomic E-state index is 0.0605. The Balaban J connectivity index is 2.33. The van der Waals surface area contributed by atoms with Crippen LogP contribution in [-0.4, -0.2) is 29.1 Å². The average molecular weight is 234 g/mol. The molecule has 0 aromatic carbocycles. The third-order valence-electron chi connectivity index (χ3n) is 3.15. The molecule has 1 saturated heterocycles. The van der Waals surface area contributed by atoms with Crippen LogP contribution < -0.4 is 10.6 Å². The van der Waals surface area contributed by atoms with Gasteiger partial charge in [0.25, 0.3) is 0 Å². The Hall–Kier alpha value is -1.78. The SMILES string of the molecule is CC1(C)CCN(c2cccnc2/C(N)=N/O)C1. The maximum Gasteiger partial charge on any atom is 0.190 e. The number of aromatic nitrogens is 1. The quantitative estimate of drug-likeness (QED) is 0.351. The fourth-order valence-electron chi connectivity index (χ4n) is 2.21. The fourth-order valence-corrected chi connectivity index (χ4v) is 2.21. The third kappa shape index (κ3) is 2.33. The largest absolute Gasteiger partial charge is 0.409 e. The van der Waals surface area contributed by atoms with Crippen LogP contribution in [0.3, 0.4) is 0 Å². The zero-order valence-corrected chi connectivity index (χ0v) is 10.2. The third-order valence-corrected chi connectivity index (χ3v) is 3.15. The molecule has 1 aromatic heterocycles. The van der Waals surface area contributed by atoms with Crippen molar-refractivity contribution in [1.82, 2.24) is 4.98 Å². The van der Waals surface area contributed by atoms with Crippen molar-refractivity contribution in [3.8, 4) is 0 Å². The van der Waals surface area contributed by atoms with Gasteiger partial charge in [-0.1, -0.05) is 19.0 Å². The summed E-state index contributed by atoms with van der Waals surface area (Å²) in [6.45, 7) is 6.42. The first kappa shape index (κ1) is 11.7. The van der Waals surface area contributed by atoms with E-state index in [9.17, 15) is 0 Å². The molecule has 0 aliphatic carbocycles. The zero-order chi connectivity index (χ0) is 12.5. The van der Waals surface area contributed by atoms with Crippen LogP contribution in [0.5, 0.6) is 0 Å². The molecule has 1 aromatic rings. The summed E-state index contributed by atoms with van der Waals surface area (Å²) in [7, 11) is 0. The standard InChI is InChI=1S/C12H18N4O/c1-12(2)5-7-16(8-12)9-4-3-6-14-10(9)11(13)15-17/h3-4,6,17H,5,7-8H2,1-2H3,(H2,13,15). The highest BCUT2D eigenvalue weighted by atomic mass is 16.4. The van der Waals surface area contributed by atoms with Gasteiger partial charge in [0.2, 0.25) is 0 Å². The van der Waals surface area contributed by atoms with E-state index in [0.717, 1.165) is 25.2 Å². The van der Waals surface area contributed by atoms with Gasteiger partial charge in [-0.25, -0.2) is 0 Å². The Bertz CT molecular complexity index is 442. The molecule has 0 amide bonds. The number of rotatable bonds is 2. The topological polar surface area (TPSA) is 74.7 Å². The summed E-state index contributed by atoms with van der Waals surface area (Å²) in [6, 6.07) is 3.83. The second kappa shape index (κ2) is 4.24. The van der Waals surface area contributed by atoms with E-state index in [4.69, 9.17) is 10.9 Å². The highest BCUT2D eigenvalue weighted by Crippen LogP contribution is 2.33. The molecule has 2 rings (SSSR count). The Labute approximate surface area is 101 Å². The predicted molar refractivity (Wildman–Crippen MR) is 67.4 cm³/mol. The number of anilines is 1. The lowest BCUT2D eigenvalue weighted by Crippen LogP contribution is -2.27. The van der Waals surface area contributed by atoms with Crippen molar-refractivity contribution >= 4 is 11.5 Å². The Morgan fingerprint density at radius 1 is 1.59 bits per heavy atom. The van der Waals surface area contributed by atoms with E-state index in [0.29, 0.717) is 11.1 Å². The van der Waals surface area contributed by atoms with Crippen LogP contribution in [0.1, 0.15) is 26.0 Å². The van der Waals surface area contributed by atoms with Crippen LogP contribution in [0.4, 0.5) is 5.69 Å². The monoisotopic (exact) mass is 234 g/mol. The van der Waals surface area contributed by atoms with Crippen LogP contribution in [0.2, 0.25) is 0 Å². The maximum atomic E-state index is 8.76. The Kier molecular flexibility index (Phi) is 2.92. The van der Waals surface area contributed by atoms with Crippen LogP contribution in [0.15, 0.2) is 23.5 Å². The van der Waals surface area contributed by atoms with Crippen molar-refractivity contribution in [1.29, 1.82) is 0 Å². The molecule has 0 saturated carbocycles.